The van der Waals surface area contributed by atoms with E-state index in [0.717, 1.165) is 23.2 Å². The summed E-state index contributed by atoms with van der Waals surface area (Å²) in [6.45, 7) is 11.7. The SMILES string of the molecule is C=C1[C@@H]2CC[C@@]23C[C@H](C(C)C)CC[C@]13C. The zero-order valence-corrected chi connectivity index (χ0v) is 10.5. The van der Waals surface area contributed by atoms with Gasteiger partial charge in [-0.05, 0) is 60.7 Å². The lowest BCUT2D eigenvalue weighted by molar-refractivity contribution is -0.185. The van der Waals surface area contributed by atoms with Crippen molar-refractivity contribution in [2.75, 3.05) is 0 Å². The summed E-state index contributed by atoms with van der Waals surface area (Å²) in [4.78, 5) is 0. The summed E-state index contributed by atoms with van der Waals surface area (Å²) in [5.74, 6) is 2.80. The normalized spacial score (nSPS) is 52.9. The fourth-order valence-electron chi connectivity index (χ4n) is 4.92. The molecule has 0 aromatic carbocycles. The molecule has 0 N–H and O–H groups in total. The average Bonchev–Trinajstić information content (AvgIpc) is 2.16. The Morgan fingerprint density at radius 1 is 1.27 bits per heavy atom. The van der Waals surface area contributed by atoms with Gasteiger partial charge in [-0.2, -0.15) is 0 Å². The number of hydrogen-bond acceptors (Lipinski definition) is 0. The topological polar surface area (TPSA) is 0 Å². The molecule has 0 amide bonds. The summed E-state index contributed by atoms with van der Waals surface area (Å²) in [6.07, 6.45) is 7.31. The zero-order valence-electron chi connectivity index (χ0n) is 10.5. The van der Waals surface area contributed by atoms with E-state index in [-0.39, 0.29) is 0 Å². The molecule has 1 spiro atoms. The van der Waals surface area contributed by atoms with Gasteiger partial charge in [0.05, 0.1) is 0 Å². The van der Waals surface area contributed by atoms with Crippen LogP contribution in [0, 0.1) is 28.6 Å². The fourth-order valence-corrected chi connectivity index (χ4v) is 4.92. The molecule has 0 aromatic rings. The minimum Gasteiger partial charge on any atom is -0.0990 e. The van der Waals surface area contributed by atoms with Crippen molar-refractivity contribution in [3.63, 3.8) is 0 Å². The van der Waals surface area contributed by atoms with Crippen LogP contribution in [0.5, 0.6) is 0 Å². The van der Waals surface area contributed by atoms with Gasteiger partial charge in [-0.15, -0.1) is 0 Å². The number of allylic oxidation sites excluding steroid dienone is 1. The van der Waals surface area contributed by atoms with Gasteiger partial charge in [0.2, 0.25) is 0 Å². The van der Waals surface area contributed by atoms with Gasteiger partial charge in [-0.3, -0.25) is 0 Å². The molecule has 0 nitrogen and oxygen atoms in total. The van der Waals surface area contributed by atoms with Crippen molar-refractivity contribution in [3.05, 3.63) is 12.2 Å². The molecule has 3 aliphatic rings. The van der Waals surface area contributed by atoms with E-state index < -0.39 is 0 Å². The van der Waals surface area contributed by atoms with E-state index in [1.165, 1.54) is 32.1 Å². The smallest absolute Gasteiger partial charge is 0.00538 e. The summed E-state index contributed by atoms with van der Waals surface area (Å²) >= 11 is 0. The largest absolute Gasteiger partial charge is 0.0990 e. The summed E-state index contributed by atoms with van der Waals surface area (Å²) in [5, 5.41) is 0. The van der Waals surface area contributed by atoms with Gasteiger partial charge in [-0.1, -0.05) is 32.9 Å². The highest BCUT2D eigenvalue weighted by molar-refractivity contribution is 5.38. The first-order chi connectivity index (χ1) is 7.01. The Balaban J connectivity index is 1.87. The molecule has 0 saturated heterocycles. The van der Waals surface area contributed by atoms with Crippen LogP contribution in [0.25, 0.3) is 0 Å². The van der Waals surface area contributed by atoms with Crippen LogP contribution in [0.1, 0.15) is 52.9 Å². The highest BCUT2D eigenvalue weighted by Gasteiger charge is 2.70. The molecule has 0 radical (unpaired) electrons. The molecule has 0 aliphatic heterocycles. The Kier molecular flexibility index (Phi) is 1.79. The van der Waals surface area contributed by atoms with E-state index in [9.17, 15) is 0 Å². The molecule has 0 bridgehead atoms. The molecular formula is C15H24. The van der Waals surface area contributed by atoms with Gasteiger partial charge in [-0.25, -0.2) is 0 Å². The molecule has 3 rings (SSSR count). The third-order valence-electron chi connectivity index (χ3n) is 6.36. The van der Waals surface area contributed by atoms with E-state index >= 15 is 0 Å². The second kappa shape index (κ2) is 2.70. The molecule has 0 unspecified atom stereocenters. The molecule has 0 heterocycles. The first-order valence-corrected chi connectivity index (χ1v) is 6.70. The van der Waals surface area contributed by atoms with Crippen molar-refractivity contribution in [1.82, 2.24) is 0 Å². The number of rotatable bonds is 1. The second-order valence-electron chi connectivity index (χ2n) is 6.85. The van der Waals surface area contributed by atoms with Gasteiger partial charge < -0.3 is 0 Å². The van der Waals surface area contributed by atoms with Gasteiger partial charge in [0.25, 0.3) is 0 Å². The minimum atomic E-state index is 0.543. The van der Waals surface area contributed by atoms with Crippen molar-refractivity contribution >= 4 is 0 Å². The van der Waals surface area contributed by atoms with Crippen LogP contribution in [-0.2, 0) is 0 Å². The summed E-state index contributed by atoms with van der Waals surface area (Å²) < 4.78 is 0. The zero-order chi connectivity index (χ0) is 10.8. The Hall–Kier alpha value is -0.260. The highest BCUT2D eigenvalue weighted by atomic mass is 14.7. The van der Waals surface area contributed by atoms with Crippen LogP contribution < -0.4 is 0 Å². The van der Waals surface area contributed by atoms with Crippen LogP contribution in [0.15, 0.2) is 12.2 Å². The maximum absolute atomic E-state index is 4.36. The molecular weight excluding hydrogens is 180 g/mol. The second-order valence-corrected chi connectivity index (χ2v) is 6.85. The standard InChI is InChI=1S/C15H24/c1-10(2)12-5-7-14(4)11(3)13-6-8-15(13,14)9-12/h10,12-13H,3,5-9H2,1-2,4H3/t12-,13+,14-,15-/m1/s1. The third-order valence-corrected chi connectivity index (χ3v) is 6.36. The Labute approximate surface area is 94.1 Å². The molecule has 3 aliphatic carbocycles. The lowest BCUT2D eigenvalue weighted by Crippen LogP contribution is -2.67. The van der Waals surface area contributed by atoms with Crippen LogP contribution >= 0.6 is 0 Å². The maximum Gasteiger partial charge on any atom is -0.00538 e. The predicted octanol–water partition coefficient (Wildman–Crippen LogP) is 4.42. The van der Waals surface area contributed by atoms with Crippen molar-refractivity contribution in [3.8, 4) is 0 Å². The summed E-state index contributed by atoms with van der Waals surface area (Å²) in [6, 6.07) is 0. The first kappa shape index (κ1) is 9.93. The molecule has 4 atom stereocenters. The quantitative estimate of drug-likeness (QED) is 0.555. The average molecular weight is 204 g/mol. The fraction of sp³-hybridized carbons (Fsp3) is 0.867. The summed E-state index contributed by atoms with van der Waals surface area (Å²) in [5.41, 5.74) is 2.87. The van der Waals surface area contributed by atoms with Gasteiger partial charge in [0.1, 0.15) is 0 Å². The number of hydrogen-bond donors (Lipinski definition) is 0. The van der Waals surface area contributed by atoms with E-state index in [1.54, 1.807) is 5.57 Å². The third kappa shape index (κ3) is 0.905. The Morgan fingerprint density at radius 3 is 2.53 bits per heavy atom. The molecule has 0 aromatic heterocycles. The lowest BCUT2D eigenvalue weighted by atomic mass is 9.29. The van der Waals surface area contributed by atoms with E-state index in [4.69, 9.17) is 0 Å². The van der Waals surface area contributed by atoms with Crippen LogP contribution in [0.3, 0.4) is 0 Å². The Morgan fingerprint density at radius 2 is 2.00 bits per heavy atom. The molecule has 15 heavy (non-hydrogen) atoms. The van der Waals surface area contributed by atoms with Crippen LogP contribution in [-0.4, -0.2) is 0 Å². The summed E-state index contributed by atoms with van der Waals surface area (Å²) in [7, 11) is 0. The van der Waals surface area contributed by atoms with Gasteiger partial charge in [0, 0.05) is 0 Å². The van der Waals surface area contributed by atoms with Gasteiger partial charge in [0.15, 0.2) is 0 Å². The van der Waals surface area contributed by atoms with E-state index in [0.29, 0.717) is 5.41 Å². The van der Waals surface area contributed by atoms with E-state index in [1.807, 2.05) is 0 Å². The van der Waals surface area contributed by atoms with Crippen molar-refractivity contribution in [2.24, 2.45) is 28.6 Å². The molecule has 0 heteroatoms. The van der Waals surface area contributed by atoms with E-state index in [2.05, 4.69) is 27.4 Å². The Bertz CT molecular complexity index is 314. The molecule has 3 saturated carbocycles. The van der Waals surface area contributed by atoms with Crippen molar-refractivity contribution < 1.29 is 0 Å². The lowest BCUT2D eigenvalue weighted by Gasteiger charge is -2.75. The van der Waals surface area contributed by atoms with Crippen molar-refractivity contribution in [1.29, 1.82) is 0 Å². The van der Waals surface area contributed by atoms with Crippen LogP contribution in [0.2, 0.25) is 0 Å². The maximum atomic E-state index is 4.36. The molecule has 3 fully saturated rings. The predicted molar refractivity (Wildman–Crippen MR) is 64.6 cm³/mol. The van der Waals surface area contributed by atoms with Crippen molar-refractivity contribution in [2.45, 2.75) is 52.9 Å². The minimum absolute atomic E-state index is 0.543. The molecule has 84 valence electrons. The first-order valence-electron chi connectivity index (χ1n) is 6.70. The monoisotopic (exact) mass is 204 g/mol. The van der Waals surface area contributed by atoms with Crippen LogP contribution in [0.4, 0.5) is 0 Å². The highest BCUT2D eigenvalue weighted by Crippen LogP contribution is 2.79. The van der Waals surface area contributed by atoms with Gasteiger partial charge >= 0.3 is 0 Å².